The maximum atomic E-state index is 12.8. The zero-order valence-electron chi connectivity index (χ0n) is 10.1. The molecule has 0 aromatic heterocycles. The summed E-state index contributed by atoms with van der Waals surface area (Å²) in [5, 5.41) is 17.7. The summed E-state index contributed by atoms with van der Waals surface area (Å²) in [6.07, 6.45) is -5.22. The molecule has 0 radical (unpaired) electrons. The molecule has 7 heteroatoms. The largest absolute Gasteiger partial charge is 0.481 e. The van der Waals surface area contributed by atoms with Crippen LogP contribution in [0, 0.1) is 5.92 Å². The van der Waals surface area contributed by atoms with Gasteiger partial charge in [0.2, 0.25) is 0 Å². The molecule has 0 aliphatic rings. The molecule has 1 aromatic rings. The maximum absolute atomic E-state index is 12.8. The third-order valence-corrected chi connectivity index (χ3v) is 2.74. The van der Waals surface area contributed by atoms with E-state index in [0.717, 1.165) is 12.1 Å². The second-order valence-electron chi connectivity index (χ2n) is 4.08. The van der Waals surface area contributed by atoms with Crippen LogP contribution in [0.15, 0.2) is 36.4 Å². The van der Waals surface area contributed by atoms with E-state index in [0.29, 0.717) is 0 Å². The first-order valence-corrected chi connectivity index (χ1v) is 5.44. The molecule has 0 aliphatic heterocycles. The molecule has 1 rings (SSSR count). The number of hydrogen-bond acceptors (Lipinski definition) is 2. The number of carboxylic acid groups (broad SMARTS) is 2. The second-order valence-corrected chi connectivity index (χ2v) is 4.08. The number of hydrogen-bond donors (Lipinski definition) is 2. The van der Waals surface area contributed by atoms with Gasteiger partial charge in [0, 0.05) is 5.57 Å². The number of benzene rings is 1. The van der Waals surface area contributed by atoms with Gasteiger partial charge in [-0.2, -0.15) is 13.2 Å². The predicted molar refractivity (Wildman–Crippen MR) is 63.0 cm³/mol. The Bertz CT molecular complexity index is 549. The third kappa shape index (κ3) is 3.59. The number of aliphatic carboxylic acids is 2. The number of rotatable bonds is 5. The quantitative estimate of drug-likeness (QED) is 0.817. The summed E-state index contributed by atoms with van der Waals surface area (Å²) in [4.78, 5) is 21.7. The van der Waals surface area contributed by atoms with Crippen molar-refractivity contribution >= 4 is 11.9 Å². The Kier molecular flexibility index (Phi) is 4.54. The molecule has 0 saturated carbocycles. The minimum absolute atomic E-state index is 0.283. The van der Waals surface area contributed by atoms with E-state index >= 15 is 0 Å². The lowest BCUT2D eigenvalue weighted by atomic mass is 9.90. The molecule has 1 atom stereocenters. The minimum Gasteiger partial charge on any atom is -0.481 e. The fourth-order valence-corrected chi connectivity index (χ4v) is 1.70. The van der Waals surface area contributed by atoms with Gasteiger partial charge in [0.25, 0.3) is 0 Å². The lowest BCUT2D eigenvalue weighted by Crippen LogP contribution is -2.24. The van der Waals surface area contributed by atoms with Gasteiger partial charge in [-0.05, 0) is 18.1 Å². The molecule has 0 heterocycles. The molecule has 0 bridgehead atoms. The molecule has 0 fully saturated rings. The molecule has 4 nitrogen and oxygen atoms in total. The lowest BCUT2D eigenvalue weighted by molar-refractivity contribution is -0.144. The van der Waals surface area contributed by atoms with Crippen molar-refractivity contribution in [1.82, 2.24) is 0 Å². The number of carboxylic acids is 2. The molecular formula is C13H11F3O4. The van der Waals surface area contributed by atoms with Crippen LogP contribution < -0.4 is 0 Å². The highest BCUT2D eigenvalue weighted by atomic mass is 19.4. The van der Waals surface area contributed by atoms with E-state index in [1.807, 2.05) is 0 Å². The molecule has 0 amide bonds. The Labute approximate surface area is 112 Å². The van der Waals surface area contributed by atoms with Gasteiger partial charge < -0.3 is 10.2 Å². The van der Waals surface area contributed by atoms with Crippen LogP contribution in [0.1, 0.15) is 11.1 Å². The first-order chi connectivity index (χ1) is 9.14. The van der Waals surface area contributed by atoms with E-state index < -0.39 is 41.6 Å². The molecule has 20 heavy (non-hydrogen) atoms. The Balaban J connectivity index is 3.16. The Morgan fingerprint density at radius 3 is 2.20 bits per heavy atom. The summed E-state index contributed by atoms with van der Waals surface area (Å²) in [6.45, 7) is 3.10. The normalized spacial score (nSPS) is 12.8. The summed E-state index contributed by atoms with van der Waals surface area (Å²) in [5.41, 5.74) is -1.92. The van der Waals surface area contributed by atoms with Gasteiger partial charge in [0.15, 0.2) is 0 Å². The van der Waals surface area contributed by atoms with Crippen LogP contribution >= 0.6 is 0 Å². The topological polar surface area (TPSA) is 74.6 Å². The van der Waals surface area contributed by atoms with Gasteiger partial charge in [-0.3, -0.25) is 4.79 Å². The molecule has 0 spiro atoms. The average Bonchev–Trinajstić information content (AvgIpc) is 2.33. The number of carbonyl (C=O) groups is 2. The van der Waals surface area contributed by atoms with E-state index in [-0.39, 0.29) is 5.56 Å². The van der Waals surface area contributed by atoms with Gasteiger partial charge in [0.05, 0.1) is 11.5 Å². The van der Waals surface area contributed by atoms with Gasteiger partial charge in [0.1, 0.15) is 0 Å². The van der Waals surface area contributed by atoms with Crippen molar-refractivity contribution in [2.24, 2.45) is 5.92 Å². The highest BCUT2D eigenvalue weighted by Crippen LogP contribution is 2.33. The van der Waals surface area contributed by atoms with Crippen LogP contribution in [0.3, 0.4) is 0 Å². The van der Waals surface area contributed by atoms with Crippen LogP contribution in [-0.2, 0) is 22.2 Å². The SMILES string of the molecule is C=C(C(=O)O)C(Cc1ccccc1C(F)(F)F)C(=O)O. The number of alkyl halides is 3. The third-order valence-electron chi connectivity index (χ3n) is 2.74. The summed E-state index contributed by atoms with van der Waals surface area (Å²) < 4.78 is 38.3. The molecule has 2 N–H and O–H groups in total. The van der Waals surface area contributed by atoms with Crippen LogP contribution in [0.4, 0.5) is 13.2 Å². The molecule has 108 valence electrons. The van der Waals surface area contributed by atoms with Crippen LogP contribution in [0.5, 0.6) is 0 Å². The van der Waals surface area contributed by atoms with Crippen molar-refractivity contribution in [2.45, 2.75) is 12.6 Å². The van der Waals surface area contributed by atoms with Crippen LogP contribution in [-0.4, -0.2) is 22.2 Å². The standard InChI is InChI=1S/C13H11F3O4/c1-7(11(17)18)9(12(19)20)6-8-4-2-3-5-10(8)13(14,15)16/h2-5,9H,1,6H2,(H,17,18)(H,19,20). The Morgan fingerprint density at radius 2 is 1.75 bits per heavy atom. The van der Waals surface area contributed by atoms with E-state index in [1.165, 1.54) is 12.1 Å². The zero-order chi connectivity index (χ0) is 15.5. The minimum atomic E-state index is -4.63. The van der Waals surface area contributed by atoms with Gasteiger partial charge in [-0.1, -0.05) is 24.8 Å². The highest BCUT2D eigenvalue weighted by Gasteiger charge is 2.35. The molecular weight excluding hydrogens is 277 g/mol. The van der Waals surface area contributed by atoms with Crippen molar-refractivity contribution in [3.05, 3.63) is 47.5 Å². The molecule has 1 unspecified atom stereocenters. The van der Waals surface area contributed by atoms with E-state index in [9.17, 15) is 22.8 Å². The van der Waals surface area contributed by atoms with Gasteiger partial charge in [-0.25, -0.2) is 4.79 Å². The van der Waals surface area contributed by atoms with Crippen molar-refractivity contribution in [2.75, 3.05) is 0 Å². The van der Waals surface area contributed by atoms with Crippen LogP contribution in [0.25, 0.3) is 0 Å². The van der Waals surface area contributed by atoms with Crippen molar-refractivity contribution in [3.8, 4) is 0 Å². The lowest BCUT2D eigenvalue weighted by Gasteiger charge is -2.16. The fourth-order valence-electron chi connectivity index (χ4n) is 1.70. The molecule has 0 aliphatic carbocycles. The summed E-state index contributed by atoms with van der Waals surface area (Å²) in [6, 6.07) is 4.44. The monoisotopic (exact) mass is 288 g/mol. The van der Waals surface area contributed by atoms with E-state index in [2.05, 4.69) is 6.58 Å². The van der Waals surface area contributed by atoms with Crippen LogP contribution in [0.2, 0.25) is 0 Å². The second kappa shape index (κ2) is 5.77. The maximum Gasteiger partial charge on any atom is 0.416 e. The van der Waals surface area contributed by atoms with E-state index in [4.69, 9.17) is 10.2 Å². The first kappa shape index (κ1) is 15.7. The Morgan fingerprint density at radius 1 is 1.20 bits per heavy atom. The van der Waals surface area contributed by atoms with E-state index in [1.54, 1.807) is 0 Å². The Hall–Kier alpha value is -2.31. The molecule has 1 aromatic carbocycles. The summed E-state index contributed by atoms with van der Waals surface area (Å²) in [5.74, 6) is -4.70. The highest BCUT2D eigenvalue weighted by molar-refractivity contribution is 5.93. The van der Waals surface area contributed by atoms with Gasteiger partial charge >= 0.3 is 18.1 Å². The molecule has 0 saturated heterocycles. The van der Waals surface area contributed by atoms with Crippen molar-refractivity contribution < 1.29 is 33.0 Å². The predicted octanol–water partition coefficient (Wildman–Crippen LogP) is 2.59. The fraction of sp³-hybridized carbons (Fsp3) is 0.231. The smallest absolute Gasteiger partial charge is 0.416 e. The summed E-state index contributed by atoms with van der Waals surface area (Å²) >= 11 is 0. The average molecular weight is 288 g/mol. The first-order valence-electron chi connectivity index (χ1n) is 5.44. The zero-order valence-corrected chi connectivity index (χ0v) is 10.1. The number of halogens is 3. The van der Waals surface area contributed by atoms with Gasteiger partial charge in [-0.15, -0.1) is 0 Å². The van der Waals surface area contributed by atoms with Crippen molar-refractivity contribution in [1.29, 1.82) is 0 Å². The van der Waals surface area contributed by atoms with Crippen molar-refractivity contribution in [3.63, 3.8) is 0 Å². The summed E-state index contributed by atoms with van der Waals surface area (Å²) in [7, 11) is 0.